The highest BCUT2D eigenvalue weighted by atomic mass is 16.5. The summed E-state index contributed by atoms with van der Waals surface area (Å²) in [4.78, 5) is 25.0. The Balaban J connectivity index is 2.28. The van der Waals surface area contributed by atoms with Crippen LogP contribution in [-0.4, -0.2) is 18.9 Å². The first kappa shape index (κ1) is 18.4. The highest BCUT2D eigenvalue weighted by Crippen LogP contribution is 2.30. The quantitative estimate of drug-likeness (QED) is 0.586. The Bertz CT molecular complexity index is 617. The van der Waals surface area contributed by atoms with E-state index in [-0.39, 0.29) is 23.6 Å². The van der Waals surface area contributed by atoms with Crippen molar-refractivity contribution in [2.24, 2.45) is 11.8 Å². The van der Waals surface area contributed by atoms with Crippen molar-refractivity contribution in [1.82, 2.24) is 0 Å². The van der Waals surface area contributed by atoms with E-state index >= 15 is 0 Å². The Morgan fingerprint density at radius 2 is 1.58 bits per heavy atom. The highest BCUT2D eigenvalue weighted by Gasteiger charge is 2.34. The van der Waals surface area contributed by atoms with E-state index in [1.807, 2.05) is 12.2 Å². The zero-order valence-electron chi connectivity index (χ0n) is 15.2. The molecule has 0 spiro atoms. The fourth-order valence-electron chi connectivity index (χ4n) is 3.72. The van der Waals surface area contributed by atoms with Crippen LogP contribution in [0.1, 0.15) is 48.9 Å². The normalized spacial score (nSPS) is 20.0. The zero-order chi connectivity index (χ0) is 17.7. The first-order valence-corrected chi connectivity index (χ1v) is 8.88. The number of ketones is 1. The maximum absolute atomic E-state index is 13.0. The molecule has 1 aliphatic carbocycles. The molecule has 0 unspecified atom stereocenters. The summed E-state index contributed by atoms with van der Waals surface area (Å²) in [5.41, 5.74) is 4.91. The molecule has 1 aromatic carbocycles. The van der Waals surface area contributed by atoms with Gasteiger partial charge in [0.1, 0.15) is 5.78 Å². The van der Waals surface area contributed by atoms with Gasteiger partial charge in [-0.2, -0.15) is 0 Å². The number of Topliss-reactive ketones (excluding diaryl/α,β-unsaturated/α-hetero) is 1. The van der Waals surface area contributed by atoms with Gasteiger partial charge in [0, 0.05) is 12.3 Å². The van der Waals surface area contributed by atoms with Gasteiger partial charge in [-0.25, -0.2) is 0 Å². The van der Waals surface area contributed by atoms with Gasteiger partial charge >= 0.3 is 5.97 Å². The minimum atomic E-state index is -0.340. The third kappa shape index (κ3) is 3.95. The van der Waals surface area contributed by atoms with Crippen LogP contribution in [0.4, 0.5) is 0 Å². The summed E-state index contributed by atoms with van der Waals surface area (Å²) in [6, 6.07) is 4.36. The van der Waals surface area contributed by atoms with Gasteiger partial charge in [-0.05, 0) is 49.3 Å². The van der Waals surface area contributed by atoms with Gasteiger partial charge in [0.2, 0.25) is 0 Å². The van der Waals surface area contributed by atoms with Crippen LogP contribution >= 0.6 is 0 Å². The second-order valence-corrected chi connectivity index (χ2v) is 6.59. The van der Waals surface area contributed by atoms with Crippen molar-refractivity contribution in [3.05, 3.63) is 46.5 Å². The van der Waals surface area contributed by atoms with Gasteiger partial charge in [0.05, 0.1) is 13.0 Å². The lowest BCUT2D eigenvalue weighted by molar-refractivity contribution is -0.150. The van der Waals surface area contributed by atoms with Crippen LogP contribution < -0.4 is 0 Å². The number of carbonyl (C=O) groups is 2. The molecule has 0 radical (unpaired) electrons. The second kappa shape index (κ2) is 8.27. The maximum Gasteiger partial charge on any atom is 0.309 e. The molecule has 3 nitrogen and oxygen atoms in total. The molecule has 0 N–H and O–H groups in total. The molecular formula is C21H28O3. The van der Waals surface area contributed by atoms with Gasteiger partial charge in [-0.3, -0.25) is 9.59 Å². The minimum Gasteiger partial charge on any atom is -0.469 e. The molecule has 0 saturated heterocycles. The number of rotatable bonds is 6. The Morgan fingerprint density at radius 3 is 2.08 bits per heavy atom. The van der Waals surface area contributed by atoms with Gasteiger partial charge < -0.3 is 4.74 Å². The number of benzene rings is 1. The summed E-state index contributed by atoms with van der Waals surface area (Å²) in [6.45, 7) is 6.36. The summed E-state index contributed by atoms with van der Waals surface area (Å²) in [5, 5.41) is 0. The van der Waals surface area contributed by atoms with Crippen molar-refractivity contribution in [3.63, 3.8) is 0 Å². The van der Waals surface area contributed by atoms with Gasteiger partial charge in [-0.1, -0.05) is 43.7 Å². The number of hydrogen-bond acceptors (Lipinski definition) is 3. The molecule has 1 aromatic rings. The third-order valence-corrected chi connectivity index (χ3v) is 5.04. The Labute approximate surface area is 145 Å². The fourth-order valence-corrected chi connectivity index (χ4v) is 3.72. The summed E-state index contributed by atoms with van der Waals surface area (Å²) < 4.78 is 4.90. The van der Waals surface area contributed by atoms with Gasteiger partial charge in [-0.15, -0.1) is 0 Å². The summed E-state index contributed by atoms with van der Waals surface area (Å²) in [5.74, 6) is -0.720. The van der Waals surface area contributed by atoms with E-state index in [0.717, 1.165) is 18.4 Å². The smallest absolute Gasteiger partial charge is 0.309 e. The molecule has 2 atom stereocenters. The molecule has 3 heteroatoms. The lowest BCUT2D eigenvalue weighted by atomic mass is 9.77. The molecule has 0 aromatic heterocycles. The van der Waals surface area contributed by atoms with Crippen molar-refractivity contribution in [3.8, 4) is 0 Å². The molecule has 0 saturated carbocycles. The van der Waals surface area contributed by atoms with E-state index < -0.39 is 0 Å². The number of methoxy groups -OCH3 is 1. The number of hydrogen-bond donors (Lipinski definition) is 0. The molecule has 2 rings (SSSR count). The number of ether oxygens (including phenoxy) is 1. The van der Waals surface area contributed by atoms with Gasteiger partial charge in [0.15, 0.2) is 0 Å². The van der Waals surface area contributed by atoms with Crippen molar-refractivity contribution in [2.45, 2.75) is 52.9 Å². The lowest BCUT2D eigenvalue weighted by Crippen LogP contribution is -2.33. The monoisotopic (exact) mass is 328 g/mol. The maximum atomic E-state index is 13.0. The zero-order valence-corrected chi connectivity index (χ0v) is 15.2. The highest BCUT2D eigenvalue weighted by molar-refractivity contribution is 5.89. The van der Waals surface area contributed by atoms with E-state index in [1.165, 1.54) is 23.8 Å². The van der Waals surface area contributed by atoms with E-state index in [2.05, 4.69) is 32.9 Å². The molecular weight excluding hydrogens is 300 g/mol. The first-order chi connectivity index (χ1) is 11.5. The van der Waals surface area contributed by atoms with Crippen molar-refractivity contribution < 1.29 is 14.3 Å². The SMILES string of the molecule is CCc1cc(C)cc(CC)c1CC(=O)[C@@H]1CC=CC[C@@H]1C(=O)OC. The predicted octanol–water partition coefficient (Wildman–Crippen LogP) is 3.99. The lowest BCUT2D eigenvalue weighted by Gasteiger charge is -2.26. The van der Waals surface area contributed by atoms with E-state index in [0.29, 0.717) is 19.3 Å². The number of esters is 1. The molecule has 0 fully saturated rings. The average Bonchev–Trinajstić information content (AvgIpc) is 2.61. The van der Waals surface area contributed by atoms with Crippen LogP contribution in [0.15, 0.2) is 24.3 Å². The Hall–Kier alpha value is -1.90. The summed E-state index contributed by atoms with van der Waals surface area (Å²) >= 11 is 0. The Kier molecular flexibility index (Phi) is 6.36. The summed E-state index contributed by atoms with van der Waals surface area (Å²) in [7, 11) is 1.40. The van der Waals surface area contributed by atoms with Crippen molar-refractivity contribution in [2.75, 3.05) is 7.11 Å². The number of allylic oxidation sites excluding steroid dienone is 2. The predicted molar refractivity (Wildman–Crippen MR) is 96.0 cm³/mol. The van der Waals surface area contributed by atoms with Crippen LogP contribution in [0.25, 0.3) is 0 Å². The molecule has 1 aliphatic rings. The second-order valence-electron chi connectivity index (χ2n) is 6.59. The van der Waals surface area contributed by atoms with Crippen LogP contribution in [0.5, 0.6) is 0 Å². The summed E-state index contributed by atoms with van der Waals surface area (Å²) in [6.07, 6.45) is 7.47. The standard InChI is InChI=1S/C21H28O3/c1-5-15-11-14(3)12-16(6-2)19(15)13-20(22)17-9-7-8-10-18(17)21(23)24-4/h7-8,11-12,17-18H,5-6,9-10,13H2,1-4H3/t17-,18+/m1/s1. The molecule has 0 heterocycles. The number of aryl methyl sites for hydroxylation is 3. The molecule has 0 bridgehead atoms. The van der Waals surface area contributed by atoms with Gasteiger partial charge in [0.25, 0.3) is 0 Å². The molecule has 130 valence electrons. The topological polar surface area (TPSA) is 43.4 Å². The van der Waals surface area contributed by atoms with Crippen molar-refractivity contribution >= 4 is 11.8 Å². The molecule has 24 heavy (non-hydrogen) atoms. The van der Waals surface area contributed by atoms with E-state index in [9.17, 15) is 9.59 Å². The van der Waals surface area contributed by atoms with Crippen LogP contribution in [-0.2, 0) is 33.6 Å². The van der Waals surface area contributed by atoms with Crippen LogP contribution in [0.2, 0.25) is 0 Å². The van der Waals surface area contributed by atoms with E-state index in [1.54, 1.807) is 0 Å². The largest absolute Gasteiger partial charge is 0.469 e. The van der Waals surface area contributed by atoms with Crippen LogP contribution in [0, 0.1) is 18.8 Å². The average molecular weight is 328 g/mol. The van der Waals surface area contributed by atoms with E-state index in [4.69, 9.17) is 4.74 Å². The number of carbonyl (C=O) groups excluding carboxylic acids is 2. The van der Waals surface area contributed by atoms with Crippen LogP contribution in [0.3, 0.4) is 0 Å². The third-order valence-electron chi connectivity index (χ3n) is 5.04. The van der Waals surface area contributed by atoms with Crippen molar-refractivity contribution in [1.29, 1.82) is 0 Å². The molecule has 0 amide bonds. The molecule has 0 aliphatic heterocycles. The first-order valence-electron chi connectivity index (χ1n) is 8.88. The fraction of sp³-hybridized carbons (Fsp3) is 0.524. The Morgan fingerprint density at radius 1 is 1.04 bits per heavy atom. The minimum absolute atomic E-state index is 0.156.